The maximum Gasteiger partial charge on any atom is 0.217 e. The van der Waals surface area contributed by atoms with Crippen molar-refractivity contribution in [1.82, 2.24) is 9.97 Å². The quantitative estimate of drug-likeness (QED) is 0.581. The third-order valence-electron chi connectivity index (χ3n) is 2.61. The van der Waals surface area contributed by atoms with E-state index in [-0.39, 0.29) is 0 Å². The molecule has 0 fully saturated rings. The summed E-state index contributed by atoms with van der Waals surface area (Å²) < 4.78 is 5.43. The van der Waals surface area contributed by atoms with Crippen LogP contribution in [0.1, 0.15) is 32.9 Å². The van der Waals surface area contributed by atoms with E-state index in [4.69, 9.17) is 4.74 Å². The summed E-state index contributed by atoms with van der Waals surface area (Å²) in [5, 5.41) is 0. The van der Waals surface area contributed by atoms with Crippen LogP contribution < -0.4 is 4.74 Å². The Morgan fingerprint density at radius 2 is 2.25 bits per heavy atom. The second-order valence-corrected chi connectivity index (χ2v) is 3.99. The average molecular weight is 268 g/mol. The maximum atomic E-state index is 5.43. The lowest BCUT2D eigenvalue weighted by Gasteiger charge is -2.07. The van der Waals surface area contributed by atoms with Crippen molar-refractivity contribution in [2.45, 2.75) is 27.2 Å². The molecule has 1 rings (SSSR count). The summed E-state index contributed by atoms with van der Waals surface area (Å²) in [6.45, 7) is 10.3. The molecule has 20 heavy (non-hydrogen) atoms. The highest BCUT2D eigenvalue weighted by Crippen LogP contribution is 2.22. The number of ether oxygens (including phenoxy) is 1. The lowest BCUT2D eigenvalue weighted by Crippen LogP contribution is -1.99. The molecule has 0 aromatic carbocycles. The molecule has 0 aliphatic carbocycles. The van der Waals surface area contributed by atoms with Crippen LogP contribution in [0, 0.1) is 11.8 Å². The van der Waals surface area contributed by atoms with Gasteiger partial charge in [0, 0.05) is 11.6 Å². The minimum absolute atomic E-state index is 0.325. The van der Waals surface area contributed by atoms with Crippen LogP contribution in [0.4, 0.5) is 0 Å². The van der Waals surface area contributed by atoms with Gasteiger partial charge in [0.2, 0.25) is 5.88 Å². The minimum atomic E-state index is 0.325. The van der Waals surface area contributed by atoms with Crippen LogP contribution in [0.2, 0.25) is 0 Å². The molecule has 0 unspecified atom stereocenters. The summed E-state index contributed by atoms with van der Waals surface area (Å²) in [6.07, 6.45) is 8.62. The van der Waals surface area contributed by atoms with Crippen LogP contribution in [-0.4, -0.2) is 16.6 Å². The van der Waals surface area contributed by atoms with Crippen LogP contribution in [0.5, 0.6) is 5.88 Å². The van der Waals surface area contributed by atoms with E-state index in [9.17, 15) is 0 Å². The lowest BCUT2D eigenvalue weighted by atomic mass is 10.0. The summed E-state index contributed by atoms with van der Waals surface area (Å²) in [7, 11) is 0. The highest BCUT2D eigenvalue weighted by atomic mass is 16.5. The van der Waals surface area contributed by atoms with E-state index >= 15 is 0 Å². The van der Waals surface area contributed by atoms with Gasteiger partial charge in [0.05, 0.1) is 5.69 Å². The Balaban J connectivity index is 2.89. The monoisotopic (exact) mass is 268 g/mol. The molecular formula is C17H20N2O. The Bertz CT molecular complexity index is 574. The molecule has 0 spiro atoms. The van der Waals surface area contributed by atoms with E-state index in [1.54, 1.807) is 13.0 Å². The average Bonchev–Trinajstić information content (AvgIpc) is 2.48. The van der Waals surface area contributed by atoms with Crippen molar-refractivity contribution in [3.8, 4) is 17.7 Å². The Morgan fingerprint density at radius 1 is 1.45 bits per heavy atom. The van der Waals surface area contributed by atoms with Crippen LogP contribution in [-0.2, 0) is 0 Å². The topological polar surface area (TPSA) is 35.0 Å². The molecule has 0 bridgehead atoms. The number of allylic oxidation sites excluding steroid dienone is 5. The summed E-state index contributed by atoms with van der Waals surface area (Å²) in [5.74, 6) is 6.11. The van der Waals surface area contributed by atoms with Crippen molar-refractivity contribution in [2.75, 3.05) is 6.61 Å². The van der Waals surface area contributed by atoms with Crippen LogP contribution in [0.25, 0.3) is 5.57 Å². The standard InChI is InChI=1S/C17H20N2O/c1-5-8-10-15(7-3)14(4)16-12-17(19-13-18-16)20-11-9-6-2/h7-8,10,12-13H,4-5,11H2,1-3H3/b10-8-,15-7+. The Labute approximate surface area is 121 Å². The molecular weight excluding hydrogens is 248 g/mol. The van der Waals surface area contributed by atoms with Crippen molar-refractivity contribution in [3.05, 3.63) is 48.5 Å². The van der Waals surface area contributed by atoms with Crippen LogP contribution in [0.3, 0.4) is 0 Å². The van der Waals surface area contributed by atoms with Gasteiger partial charge in [-0.25, -0.2) is 9.97 Å². The second-order valence-electron chi connectivity index (χ2n) is 3.99. The van der Waals surface area contributed by atoms with Gasteiger partial charge in [-0.1, -0.05) is 37.7 Å². The predicted molar refractivity (Wildman–Crippen MR) is 83.2 cm³/mol. The first kappa shape index (κ1) is 15.7. The zero-order valence-electron chi connectivity index (χ0n) is 12.3. The van der Waals surface area contributed by atoms with Gasteiger partial charge in [0.25, 0.3) is 0 Å². The second kappa shape index (κ2) is 8.71. The van der Waals surface area contributed by atoms with Crippen molar-refractivity contribution < 1.29 is 4.74 Å². The summed E-state index contributed by atoms with van der Waals surface area (Å²) in [6, 6.07) is 1.78. The SMILES string of the molecule is C=C(C(/C=C\CC)=C/C)c1cc(OCC#CC)ncn1. The lowest BCUT2D eigenvalue weighted by molar-refractivity contribution is 0.354. The highest BCUT2D eigenvalue weighted by molar-refractivity contribution is 5.78. The minimum Gasteiger partial charge on any atom is -0.464 e. The normalized spacial score (nSPS) is 11.1. The van der Waals surface area contributed by atoms with Crippen molar-refractivity contribution >= 4 is 5.57 Å². The van der Waals surface area contributed by atoms with E-state index in [0.717, 1.165) is 23.3 Å². The third kappa shape index (κ3) is 4.74. The highest BCUT2D eigenvalue weighted by Gasteiger charge is 2.06. The first-order valence-electron chi connectivity index (χ1n) is 6.59. The van der Waals surface area contributed by atoms with E-state index < -0.39 is 0 Å². The number of aromatic nitrogens is 2. The van der Waals surface area contributed by atoms with E-state index in [2.05, 4.69) is 41.4 Å². The number of hydrogen-bond acceptors (Lipinski definition) is 3. The van der Waals surface area contributed by atoms with Crippen molar-refractivity contribution in [3.63, 3.8) is 0 Å². The molecule has 104 valence electrons. The van der Waals surface area contributed by atoms with Crippen LogP contribution >= 0.6 is 0 Å². The van der Waals surface area contributed by atoms with Gasteiger partial charge in [-0.3, -0.25) is 0 Å². The first-order chi connectivity index (χ1) is 9.72. The molecule has 0 radical (unpaired) electrons. The van der Waals surface area contributed by atoms with Gasteiger partial charge in [-0.2, -0.15) is 0 Å². The molecule has 3 nitrogen and oxygen atoms in total. The Kier molecular flexibility index (Phi) is 6.84. The zero-order chi connectivity index (χ0) is 14.8. The molecule has 3 heteroatoms. The van der Waals surface area contributed by atoms with Gasteiger partial charge < -0.3 is 4.74 Å². The number of hydrogen-bond donors (Lipinski definition) is 0. The number of rotatable bonds is 6. The molecule has 0 amide bonds. The van der Waals surface area contributed by atoms with Crippen LogP contribution in [0.15, 0.2) is 42.8 Å². The van der Waals surface area contributed by atoms with Gasteiger partial charge in [-0.15, -0.1) is 5.92 Å². The fourth-order valence-corrected chi connectivity index (χ4v) is 1.53. The Morgan fingerprint density at radius 3 is 2.90 bits per heavy atom. The molecule has 1 heterocycles. The maximum absolute atomic E-state index is 5.43. The van der Waals surface area contributed by atoms with Gasteiger partial charge in [0.15, 0.2) is 6.61 Å². The molecule has 0 aliphatic heterocycles. The third-order valence-corrected chi connectivity index (χ3v) is 2.61. The Hall–Kier alpha value is -2.34. The van der Waals surface area contributed by atoms with Crippen molar-refractivity contribution in [2.24, 2.45) is 0 Å². The van der Waals surface area contributed by atoms with Gasteiger partial charge in [-0.05, 0) is 25.8 Å². The molecule has 1 aromatic heterocycles. The van der Waals surface area contributed by atoms with Gasteiger partial charge >= 0.3 is 0 Å². The van der Waals surface area contributed by atoms with E-state index in [1.807, 2.05) is 19.1 Å². The fraction of sp³-hybridized carbons (Fsp3) is 0.294. The smallest absolute Gasteiger partial charge is 0.217 e. The molecule has 0 N–H and O–H groups in total. The fourth-order valence-electron chi connectivity index (χ4n) is 1.53. The molecule has 1 aromatic rings. The summed E-state index contributed by atoms with van der Waals surface area (Å²) in [5.41, 5.74) is 2.66. The van der Waals surface area contributed by atoms with Crippen molar-refractivity contribution in [1.29, 1.82) is 0 Å². The van der Waals surface area contributed by atoms with Gasteiger partial charge in [0.1, 0.15) is 6.33 Å². The predicted octanol–water partition coefficient (Wildman–Crippen LogP) is 3.80. The zero-order valence-corrected chi connectivity index (χ0v) is 12.3. The molecule has 0 atom stereocenters. The van der Waals surface area contributed by atoms with E-state index in [1.165, 1.54) is 6.33 Å². The summed E-state index contributed by atoms with van der Waals surface area (Å²) >= 11 is 0. The first-order valence-corrected chi connectivity index (χ1v) is 6.59. The molecule has 0 saturated carbocycles. The summed E-state index contributed by atoms with van der Waals surface area (Å²) in [4.78, 5) is 8.30. The molecule has 0 aliphatic rings. The molecule has 0 saturated heterocycles. The number of nitrogens with zero attached hydrogens (tertiary/aromatic N) is 2. The van der Waals surface area contributed by atoms with E-state index in [0.29, 0.717) is 12.5 Å². The largest absolute Gasteiger partial charge is 0.464 e.